The van der Waals surface area contributed by atoms with Crippen LogP contribution in [0.5, 0.6) is 0 Å². The molecule has 6 aromatic rings. The average molecular weight is 508 g/mol. The molecule has 0 amide bonds. The zero-order valence-electron chi connectivity index (χ0n) is 22.3. The van der Waals surface area contributed by atoms with Gasteiger partial charge in [0, 0.05) is 16.8 Å². The van der Waals surface area contributed by atoms with E-state index in [0.717, 1.165) is 54.9 Å². The van der Waals surface area contributed by atoms with Gasteiger partial charge in [0.15, 0.2) is 5.78 Å². The van der Waals surface area contributed by atoms with Gasteiger partial charge in [-0.25, -0.2) is 0 Å². The quantitative estimate of drug-likeness (QED) is 0.128. The molecule has 0 aliphatic heterocycles. The fourth-order valence-electron chi connectivity index (χ4n) is 5.63. The van der Waals surface area contributed by atoms with Crippen molar-refractivity contribution in [3.63, 3.8) is 0 Å². The van der Waals surface area contributed by atoms with Crippen LogP contribution in [-0.2, 0) is 9.53 Å². The molecule has 0 saturated carbocycles. The lowest BCUT2D eigenvalue weighted by molar-refractivity contribution is -0.111. The molecule has 6 rings (SSSR count). The minimum Gasteiger partial charge on any atom is -0.501 e. The number of fused-ring (bicyclic) bond motifs is 5. The van der Waals surface area contributed by atoms with Crippen molar-refractivity contribution in [3.05, 3.63) is 133 Å². The number of carbonyl (C=O) groups is 1. The molecular weight excluding hydrogens is 478 g/mol. The Balaban J connectivity index is 1.77. The van der Waals surface area contributed by atoms with Crippen LogP contribution >= 0.6 is 0 Å². The number of carbonyl (C=O) groups excluding carboxylic acids is 1. The Morgan fingerprint density at radius 2 is 1.03 bits per heavy atom. The number of benzene rings is 6. The van der Waals surface area contributed by atoms with Crippen LogP contribution in [0.2, 0.25) is 0 Å². The first-order valence-electron chi connectivity index (χ1n) is 13.1. The van der Waals surface area contributed by atoms with Crippen LogP contribution in [0.4, 0.5) is 17.1 Å². The Hall–Kier alpha value is -4.89. The molecule has 0 fully saturated rings. The first-order chi connectivity index (χ1) is 19.1. The smallest absolute Gasteiger partial charge is 0.163 e. The third kappa shape index (κ3) is 4.22. The third-order valence-electron chi connectivity index (χ3n) is 7.41. The molecule has 190 valence electrons. The van der Waals surface area contributed by atoms with Gasteiger partial charge < -0.3 is 9.64 Å². The maximum Gasteiger partial charge on any atom is 0.163 e. The largest absolute Gasteiger partial charge is 0.501 e. The van der Waals surface area contributed by atoms with Gasteiger partial charge in [-0.1, -0.05) is 84.9 Å². The predicted octanol–water partition coefficient (Wildman–Crippen LogP) is 9.58. The van der Waals surface area contributed by atoms with E-state index in [-0.39, 0.29) is 5.78 Å². The van der Waals surface area contributed by atoms with Gasteiger partial charge in [0.25, 0.3) is 0 Å². The molecule has 3 heteroatoms. The predicted molar refractivity (Wildman–Crippen MR) is 164 cm³/mol. The number of ketones is 1. The molecule has 0 heterocycles. The highest BCUT2D eigenvalue weighted by Crippen LogP contribution is 2.44. The van der Waals surface area contributed by atoms with Crippen molar-refractivity contribution in [2.75, 3.05) is 12.0 Å². The van der Waals surface area contributed by atoms with Crippen LogP contribution in [0.25, 0.3) is 37.9 Å². The van der Waals surface area contributed by atoms with Crippen molar-refractivity contribution in [3.8, 4) is 0 Å². The average Bonchev–Trinajstić information content (AvgIpc) is 2.98. The number of rotatable bonds is 6. The van der Waals surface area contributed by atoms with Crippen LogP contribution in [0.15, 0.2) is 127 Å². The molecule has 39 heavy (non-hydrogen) atoms. The second-order valence-corrected chi connectivity index (χ2v) is 9.70. The summed E-state index contributed by atoms with van der Waals surface area (Å²) in [5.74, 6) is 0.603. The van der Waals surface area contributed by atoms with Gasteiger partial charge in [0.05, 0.1) is 18.4 Å². The molecule has 0 unspecified atom stereocenters. The molecule has 3 nitrogen and oxygen atoms in total. The minimum atomic E-state index is -0.0147. The highest BCUT2D eigenvalue weighted by Gasteiger charge is 2.21. The number of anilines is 3. The van der Waals surface area contributed by atoms with E-state index in [1.165, 1.54) is 0 Å². The molecule has 0 aliphatic carbocycles. The first kappa shape index (κ1) is 24.4. The highest BCUT2D eigenvalue weighted by molar-refractivity contribution is 6.29. The lowest BCUT2D eigenvalue weighted by atomic mass is 9.88. The van der Waals surface area contributed by atoms with Gasteiger partial charge in [-0.3, -0.25) is 4.79 Å². The molecule has 0 radical (unpaired) electrons. The summed E-state index contributed by atoms with van der Waals surface area (Å²) in [5.41, 5.74) is 4.78. The number of para-hydroxylation sites is 2. The Morgan fingerprint density at radius 1 is 0.564 bits per heavy atom. The lowest BCUT2D eigenvalue weighted by Crippen LogP contribution is -2.10. The fraction of sp³-hybridized carbons (Fsp3) is 0.0833. The van der Waals surface area contributed by atoms with Crippen LogP contribution in [0.3, 0.4) is 0 Å². The summed E-state index contributed by atoms with van der Waals surface area (Å²) in [6.45, 7) is 3.46. The molecule has 0 atom stereocenters. The van der Waals surface area contributed by atoms with Crippen molar-refractivity contribution in [2.24, 2.45) is 0 Å². The monoisotopic (exact) mass is 507 g/mol. The molecule has 0 bridgehead atoms. The van der Waals surface area contributed by atoms with E-state index >= 15 is 0 Å². The van der Waals surface area contributed by atoms with E-state index in [9.17, 15) is 4.79 Å². The number of hydrogen-bond acceptors (Lipinski definition) is 3. The van der Waals surface area contributed by atoms with Gasteiger partial charge in [0.2, 0.25) is 0 Å². The Bertz CT molecular complexity index is 1830. The van der Waals surface area contributed by atoms with Crippen LogP contribution in [0.1, 0.15) is 19.4 Å². The summed E-state index contributed by atoms with van der Waals surface area (Å²) in [7, 11) is 1.62. The van der Waals surface area contributed by atoms with Crippen molar-refractivity contribution in [1.29, 1.82) is 0 Å². The normalized spacial score (nSPS) is 12.0. The number of hydrogen-bond donors (Lipinski definition) is 0. The lowest BCUT2D eigenvalue weighted by Gasteiger charge is -2.28. The van der Waals surface area contributed by atoms with E-state index in [0.29, 0.717) is 11.3 Å². The Labute approximate surface area is 228 Å². The summed E-state index contributed by atoms with van der Waals surface area (Å²) in [6.07, 6.45) is 0. The Morgan fingerprint density at radius 3 is 1.56 bits per heavy atom. The van der Waals surface area contributed by atoms with Crippen molar-refractivity contribution in [1.82, 2.24) is 0 Å². The van der Waals surface area contributed by atoms with Gasteiger partial charge >= 0.3 is 0 Å². The van der Waals surface area contributed by atoms with E-state index in [1.807, 2.05) is 25.1 Å². The highest BCUT2D eigenvalue weighted by atomic mass is 16.5. The van der Waals surface area contributed by atoms with Crippen molar-refractivity contribution < 1.29 is 9.53 Å². The van der Waals surface area contributed by atoms with Gasteiger partial charge in [0.1, 0.15) is 5.76 Å². The minimum absolute atomic E-state index is 0.0147. The summed E-state index contributed by atoms with van der Waals surface area (Å²) < 4.78 is 5.58. The summed E-state index contributed by atoms with van der Waals surface area (Å²) in [5, 5.41) is 6.63. The van der Waals surface area contributed by atoms with Crippen LogP contribution < -0.4 is 4.90 Å². The second kappa shape index (κ2) is 10.1. The maximum atomic E-state index is 12.9. The summed E-state index contributed by atoms with van der Waals surface area (Å²) in [6, 6.07) is 42.3. The van der Waals surface area contributed by atoms with Crippen molar-refractivity contribution in [2.45, 2.75) is 13.8 Å². The summed E-state index contributed by atoms with van der Waals surface area (Å²) >= 11 is 0. The standard InChI is InChI=1S/C36H29NO2/c1-24(38)36(25(2)39-3)34-22-32-30-20-12-13-21-31(30)35(23-33(32)28-18-10-11-19-29(28)34)37(26-14-6-4-7-15-26)27-16-8-5-9-17-27/h4-23H,1-3H3/b36-25+. The summed E-state index contributed by atoms with van der Waals surface area (Å²) in [4.78, 5) is 15.2. The van der Waals surface area contributed by atoms with E-state index in [4.69, 9.17) is 4.74 Å². The molecule has 6 aromatic carbocycles. The van der Waals surface area contributed by atoms with Crippen LogP contribution in [-0.4, -0.2) is 12.9 Å². The van der Waals surface area contributed by atoms with Gasteiger partial charge in [-0.05, 0) is 82.7 Å². The number of nitrogens with zero attached hydrogens (tertiary/aromatic N) is 1. The molecule has 0 aliphatic rings. The molecule has 0 spiro atoms. The van der Waals surface area contributed by atoms with Crippen LogP contribution in [0, 0.1) is 0 Å². The SMILES string of the molecule is CO/C(C)=C(\C(C)=O)c1cc2c3ccccc3c(N(c3ccccc3)c3ccccc3)cc2c2ccccc12. The Kier molecular flexibility index (Phi) is 6.34. The number of methoxy groups -OCH3 is 1. The first-order valence-corrected chi connectivity index (χ1v) is 13.1. The van der Waals surface area contributed by atoms with Gasteiger partial charge in [-0.2, -0.15) is 0 Å². The third-order valence-corrected chi connectivity index (χ3v) is 7.41. The molecule has 0 N–H and O–H groups in total. The van der Waals surface area contributed by atoms with E-state index in [1.54, 1.807) is 14.0 Å². The zero-order valence-corrected chi connectivity index (χ0v) is 22.3. The van der Waals surface area contributed by atoms with Gasteiger partial charge in [-0.15, -0.1) is 0 Å². The molecule has 0 saturated heterocycles. The number of ether oxygens (including phenoxy) is 1. The fourth-order valence-corrected chi connectivity index (χ4v) is 5.63. The second-order valence-electron chi connectivity index (χ2n) is 9.70. The van der Waals surface area contributed by atoms with Crippen molar-refractivity contribution >= 4 is 60.7 Å². The number of allylic oxidation sites excluding steroid dienone is 2. The van der Waals surface area contributed by atoms with E-state index in [2.05, 4.69) is 108 Å². The molecule has 0 aromatic heterocycles. The molecular formula is C36H29NO2. The van der Waals surface area contributed by atoms with E-state index < -0.39 is 0 Å². The number of Topliss-reactive ketones (excluding diaryl/α,β-unsaturated/α-hetero) is 1. The topological polar surface area (TPSA) is 29.5 Å². The maximum absolute atomic E-state index is 12.9. The zero-order chi connectivity index (χ0) is 26.9.